The van der Waals surface area contributed by atoms with E-state index in [1.165, 1.54) is 37.7 Å². The van der Waals surface area contributed by atoms with Crippen LogP contribution in [0.2, 0.25) is 0 Å². The monoisotopic (exact) mass is 249 g/mol. The number of benzene rings is 1. The van der Waals surface area contributed by atoms with Crippen LogP contribution in [0.15, 0.2) is 18.2 Å². The molecule has 3 heteroatoms. The van der Waals surface area contributed by atoms with Crippen molar-refractivity contribution in [3.63, 3.8) is 0 Å². The summed E-state index contributed by atoms with van der Waals surface area (Å²) in [6.07, 6.45) is 6.23. The Morgan fingerprint density at radius 3 is 2.33 bits per heavy atom. The molecule has 1 aromatic carbocycles. The number of hydrogen-bond donors (Lipinski definition) is 1. The first kappa shape index (κ1) is 13.2. The van der Waals surface area contributed by atoms with Crippen LogP contribution in [-0.2, 0) is 5.54 Å². The van der Waals surface area contributed by atoms with Gasteiger partial charge in [-0.15, -0.1) is 0 Å². The highest BCUT2D eigenvalue weighted by molar-refractivity contribution is 5.45. The molecule has 1 aromatic rings. The maximum atomic E-state index is 5.55. The number of nitrogens with one attached hydrogen (secondary N) is 1. The Labute approximate surface area is 109 Å². The van der Waals surface area contributed by atoms with Crippen molar-refractivity contribution in [1.82, 2.24) is 5.32 Å². The van der Waals surface area contributed by atoms with Crippen molar-refractivity contribution in [2.24, 2.45) is 0 Å². The molecular formula is C15H23NO2. The predicted molar refractivity (Wildman–Crippen MR) is 73.4 cm³/mol. The molecule has 2 rings (SSSR count). The molecule has 0 bridgehead atoms. The fraction of sp³-hybridized carbons (Fsp3) is 0.600. The molecule has 1 N–H and O–H groups in total. The summed E-state index contributed by atoms with van der Waals surface area (Å²) < 4.78 is 10.8. The summed E-state index contributed by atoms with van der Waals surface area (Å²) in [5.41, 5.74) is 1.32. The van der Waals surface area contributed by atoms with Gasteiger partial charge in [0.1, 0.15) is 11.5 Å². The molecule has 0 unspecified atom stereocenters. The summed E-state index contributed by atoms with van der Waals surface area (Å²) in [6, 6.07) is 6.13. The molecule has 1 fully saturated rings. The van der Waals surface area contributed by atoms with Crippen LogP contribution in [0.4, 0.5) is 0 Å². The van der Waals surface area contributed by atoms with E-state index in [4.69, 9.17) is 9.47 Å². The quantitative estimate of drug-likeness (QED) is 0.889. The molecule has 0 heterocycles. The molecule has 0 amide bonds. The first-order valence-corrected chi connectivity index (χ1v) is 6.67. The first-order valence-electron chi connectivity index (χ1n) is 6.67. The summed E-state index contributed by atoms with van der Waals surface area (Å²) in [6.45, 7) is 0. The van der Waals surface area contributed by atoms with Gasteiger partial charge in [0.15, 0.2) is 0 Å². The van der Waals surface area contributed by atoms with E-state index in [0.717, 1.165) is 11.5 Å². The molecule has 100 valence electrons. The highest BCUT2D eigenvalue weighted by Crippen LogP contribution is 2.42. The number of hydrogen-bond acceptors (Lipinski definition) is 3. The normalized spacial score (nSPS) is 18.4. The number of ether oxygens (including phenoxy) is 2. The Morgan fingerprint density at radius 2 is 1.78 bits per heavy atom. The molecule has 18 heavy (non-hydrogen) atoms. The molecule has 0 atom stereocenters. The fourth-order valence-electron chi connectivity index (χ4n) is 3.00. The zero-order valence-corrected chi connectivity index (χ0v) is 11.6. The Balaban J connectivity index is 2.40. The third kappa shape index (κ3) is 2.32. The van der Waals surface area contributed by atoms with Gasteiger partial charge in [-0.1, -0.05) is 19.3 Å². The lowest BCUT2D eigenvalue weighted by Gasteiger charge is -2.38. The maximum absolute atomic E-state index is 5.55. The second-order valence-corrected chi connectivity index (χ2v) is 4.96. The van der Waals surface area contributed by atoms with Crippen molar-refractivity contribution in [2.45, 2.75) is 37.6 Å². The SMILES string of the molecule is CNC1(c2ccc(OC)cc2OC)CCCCC1. The van der Waals surface area contributed by atoms with Gasteiger partial charge in [-0.2, -0.15) is 0 Å². The topological polar surface area (TPSA) is 30.5 Å². The smallest absolute Gasteiger partial charge is 0.127 e. The van der Waals surface area contributed by atoms with E-state index in [0.29, 0.717) is 0 Å². The van der Waals surface area contributed by atoms with Gasteiger partial charge in [-0.3, -0.25) is 0 Å². The van der Waals surface area contributed by atoms with Gasteiger partial charge in [0.05, 0.1) is 14.2 Å². The van der Waals surface area contributed by atoms with Crippen molar-refractivity contribution in [2.75, 3.05) is 21.3 Å². The zero-order valence-electron chi connectivity index (χ0n) is 11.6. The van der Waals surface area contributed by atoms with E-state index >= 15 is 0 Å². The summed E-state index contributed by atoms with van der Waals surface area (Å²) in [5, 5.41) is 3.53. The number of rotatable bonds is 4. The molecular weight excluding hydrogens is 226 g/mol. The minimum atomic E-state index is 0.0653. The molecule has 0 aromatic heterocycles. The minimum Gasteiger partial charge on any atom is -0.497 e. The van der Waals surface area contributed by atoms with Gasteiger partial charge in [-0.25, -0.2) is 0 Å². The Bertz CT molecular complexity index is 397. The van der Waals surface area contributed by atoms with Gasteiger partial charge >= 0.3 is 0 Å². The summed E-state index contributed by atoms with van der Waals surface area (Å²) >= 11 is 0. The van der Waals surface area contributed by atoms with Crippen LogP contribution < -0.4 is 14.8 Å². The van der Waals surface area contributed by atoms with Crippen molar-refractivity contribution >= 4 is 0 Å². The van der Waals surface area contributed by atoms with E-state index in [-0.39, 0.29) is 5.54 Å². The minimum absolute atomic E-state index is 0.0653. The average molecular weight is 249 g/mol. The third-order valence-electron chi connectivity index (χ3n) is 4.11. The lowest BCUT2D eigenvalue weighted by atomic mass is 9.76. The van der Waals surface area contributed by atoms with Gasteiger partial charge < -0.3 is 14.8 Å². The zero-order chi connectivity index (χ0) is 13.0. The van der Waals surface area contributed by atoms with E-state index in [2.05, 4.69) is 18.4 Å². The van der Waals surface area contributed by atoms with Gasteiger partial charge in [0.25, 0.3) is 0 Å². The van der Waals surface area contributed by atoms with Crippen LogP contribution in [0.3, 0.4) is 0 Å². The highest BCUT2D eigenvalue weighted by Gasteiger charge is 2.34. The predicted octanol–water partition coefficient (Wildman–Crippen LogP) is 3.08. The van der Waals surface area contributed by atoms with E-state index in [1.807, 2.05) is 12.1 Å². The first-order chi connectivity index (χ1) is 8.75. The lowest BCUT2D eigenvalue weighted by Crippen LogP contribution is -2.41. The summed E-state index contributed by atoms with van der Waals surface area (Å²) in [7, 11) is 5.46. The molecule has 0 radical (unpaired) electrons. The molecule has 1 aliphatic rings. The van der Waals surface area contributed by atoms with Crippen LogP contribution in [0, 0.1) is 0 Å². The second kappa shape index (κ2) is 5.61. The van der Waals surface area contributed by atoms with Crippen LogP contribution in [0.5, 0.6) is 11.5 Å². The van der Waals surface area contributed by atoms with Gasteiger partial charge in [0.2, 0.25) is 0 Å². The molecule has 0 spiro atoms. The fourth-order valence-corrected chi connectivity index (χ4v) is 3.00. The van der Waals surface area contributed by atoms with E-state index in [1.54, 1.807) is 14.2 Å². The van der Waals surface area contributed by atoms with Crippen molar-refractivity contribution in [3.05, 3.63) is 23.8 Å². The summed E-state index contributed by atoms with van der Waals surface area (Å²) in [4.78, 5) is 0. The molecule has 3 nitrogen and oxygen atoms in total. The molecule has 1 saturated carbocycles. The van der Waals surface area contributed by atoms with Crippen LogP contribution in [0.1, 0.15) is 37.7 Å². The van der Waals surface area contributed by atoms with Gasteiger partial charge in [-0.05, 0) is 32.0 Å². The Hall–Kier alpha value is -1.22. The highest BCUT2D eigenvalue weighted by atomic mass is 16.5. The molecule has 1 aliphatic carbocycles. The maximum Gasteiger partial charge on any atom is 0.127 e. The van der Waals surface area contributed by atoms with Crippen molar-refractivity contribution in [1.29, 1.82) is 0 Å². The molecule has 0 saturated heterocycles. The van der Waals surface area contributed by atoms with Crippen LogP contribution in [-0.4, -0.2) is 21.3 Å². The lowest BCUT2D eigenvalue weighted by molar-refractivity contribution is 0.241. The second-order valence-electron chi connectivity index (χ2n) is 4.96. The van der Waals surface area contributed by atoms with Crippen molar-refractivity contribution in [3.8, 4) is 11.5 Å². The Kier molecular flexibility index (Phi) is 4.12. The van der Waals surface area contributed by atoms with Crippen LogP contribution in [0.25, 0.3) is 0 Å². The van der Waals surface area contributed by atoms with E-state index < -0.39 is 0 Å². The molecule has 0 aliphatic heterocycles. The average Bonchev–Trinajstić information content (AvgIpc) is 2.47. The standard InChI is InChI=1S/C15H23NO2/c1-16-15(9-5-4-6-10-15)13-8-7-12(17-2)11-14(13)18-3/h7-8,11,16H,4-6,9-10H2,1-3H3. The van der Waals surface area contributed by atoms with E-state index in [9.17, 15) is 0 Å². The largest absolute Gasteiger partial charge is 0.497 e. The third-order valence-corrected chi connectivity index (χ3v) is 4.11. The van der Waals surface area contributed by atoms with Crippen LogP contribution >= 0.6 is 0 Å². The summed E-state index contributed by atoms with van der Waals surface area (Å²) in [5.74, 6) is 1.77. The number of methoxy groups -OCH3 is 2. The van der Waals surface area contributed by atoms with Gasteiger partial charge in [0, 0.05) is 17.2 Å². The van der Waals surface area contributed by atoms with Crippen molar-refractivity contribution < 1.29 is 9.47 Å². The Morgan fingerprint density at radius 1 is 1.06 bits per heavy atom.